The third-order valence-electron chi connectivity index (χ3n) is 5.17. The molecule has 0 saturated heterocycles. The molecular formula is C15H36N2Si. The summed E-state index contributed by atoms with van der Waals surface area (Å²) in [5.74, 6) is 0.712. The van der Waals surface area contributed by atoms with Gasteiger partial charge in [0.25, 0.3) is 0 Å². The fourth-order valence-electron chi connectivity index (χ4n) is 2.94. The minimum Gasteiger partial charge on any atom is -0.328 e. The molecule has 18 heavy (non-hydrogen) atoms. The van der Waals surface area contributed by atoms with E-state index in [1.807, 2.05) is 0 Å². The summed E-state index contributed by atoms with van der Waals surface area (Å²) in [5, 5.41) is 0.372. The quantitative estimate of drug-likeness (QED) is 0.649. The van der Waals surface area contributed by atoms with Crippen LogP contribution in [0.1, 0.15) is 61.3 Å². The molecule has 2 N–H and O–H groups in total. The molecule has 0 aromatic rings. The largest absolute Gasteiger partial charge is 0.328 e. The van der Waals surface area contributed by atoms with Gasteiger partial charge in [-0.05, 0) is 42.9 Å². The van der Waals surface area contributed by atoms with E-state index in [1.54, 1.807) is 0 Å². The molecule has 110 valence electrons. The standard InChI is InChI=1S/C15H36N2Si/c1-10-11-15(6,7)18(16-8,17-9)12-14(4,5)13(2)3/h13,16-17H,10-12H2,1-9H3. The average molecular weight is 273 g/mol. The van der Waals surface area contributed by atoms with Crippen LogP contribution >= 0.6 is 0 Å². The Morgan fingerprint density at radius 1 is 1.00 bits per heavy atom. The lowest BCUT2D eigenvalue weighted by molar-refractivity contribution is 0.272. The van der Waals surface area contributed by atoms with Crippen LogP contribution in [0.3, 0.4) is 0 Å². The van der Waals surface area contributed by atoms with Crippen molar-refractivity contribution < 1.29 is 0 Å². The summed E-state index contributed by atoms with van der Waals surface area (Å²) in [7, 11) is 2.61. The van der Waals surface area contributed by atoms with Crippen LogP contribution in [0.15, 0.2) is 0 Å². The molecule has 0 rings (SSSR count). The van der Waals surface area contributed by atoms with Gasteiger partial charge in [-0.1, -0.05) is 54.9 Å². The second-order valence-corrected chi connectivity index (χ2v) is 11.9. The molecule has 0 fully saturated rings. The molecular weight excluding hydrogens is 236 g/mol. The predicted molar refractivity (Wildman–Crippen MR) is 86.2 cm³/mol. The molecule has 0 amide bonds. The lowest BCUT2D eigenvalue weighted by atomic mass is 9.83. The van der Waals surface area contributed by atoms with Gasteiger partial charge in [0.1, 0.15) is 0 Å². The maximum absolute atomic E-state index is 3.73. The summed E-state index contributed by atoms with van der Waals surface area (Å²) in [6.07, 6.45) is 2.54. The van der Waals surface area contributed by atoms with Gasteiger partial charge in [-0.25, -0.2) is 0 Å². The molecule has 0 aliphatic rings. The van der Waals surface area contributed by atoms with Gasteiger partial charge in [0, 0.05) is 0 Å². The molecule has 0 saturated carbocycles. The lowest BCUT2D eigenvalue weighted by Gasteiger charge is -2.49. The van der Waals surface area contributed by atoms with Crippen molar-refractivity contribution in [1.82, 2.24) is 9.96 Å². The highest BCUT2D eigenvalue weighted by molar-refractivity contribution is 6.78. The number of nitrogens with one attached hydrogen (secondary N) is 2. The molecule has 0 aliphatic carbocycles. The maximum Gasteiger partial charge on any atom is 0.207 e. The van der Waals surface area contributed by atoms with E-state index in [2.05, 4.69) is 72.5 Å². The highest BCUT2D eigenvalue weighted by Gasteiger charge is 2.49. The molecule has 0 atom stereocenters. The molecule has 0 bridgehead atoms. The molecule has 0 radical (unpaired) electrons. The van der Waals surface area contributed by atoms with Crippen molar-refractivity contribution in [2.24, 2.45) is 11.3 Å². The first-order valence-corrected chi connectivity index (χ1v) is 9.67. The molecule has 0 unspecified atom stereocenters. The van der Waals surface area contributed by atoms with E-state index in [-0.39, 0.29) is 0 Å². The first-order chi connectivity index (χ1) is 8.08. The van der Waals surface area contributed by atoms with Gasteiger partial charge in [-0.2, -0.15) is 0 Å². The Morgan fingerprint density at radius 2 is 1.44 bits per heavy atom. The number of hydrogen-bond acceptors (Lipinski definition) is 2. The Labute approximate surface area is 116 Å². The van der Waals surface area contributed by atoms with E-state index >= 15 is 0 Å². The Hall–Kier alpha value is 0.137. The topological polar surface area (TPSA) is 24.1 Å². The molecule has 2 nitrogen and oxygen atoms in total. The number of rotatable bonds is 8. The predicted octanol–water partition coefficient (Wildman–Crippen LogP) is 4.13. The van der Waals surface area contributed by atoms with Crippen molar-refractivity contribution in [2.45, 2.75) is 72.4 Å². The van der Waals surface area contributed by atoms with E-state index in [0.29, 0.717) is 16.4 Å². The summed E-state index contributed by atoms with van der Waals surface area (Å²) in [6.45, 7) is 16.7. The van der Waals surface area contributed by atoms with Crippen LogP contribution in [0, 0.1) is 11.3 Å². The van der Waals surface area contributed by atoms with E-state index in [1.165, 1.54) is 18.9 Å². The van der Waals surface area contributed by atoms with Gasteiger partial charge in [0.2, 0.25) is 8.40 Å². The van der Waals surface area contributed by atoms with Crippen molar-refractivity contribution in [2.75, 3.05) is 14.1 Å². The van der Waals surface area contributed by atoms with Crippen molar-refractivity contribution in [3.8, 4) is 0 Å². The zero-order chi connectivity index (χ0) is 14.6. The van der Waals surface area contributed by atoms with Crippen LogP contribution < -0.4 is 9.96 Å². The van der Waals surface area contributed by atoms with Crippen molar-refractivity contribution >= 4 is 8.40 Å². The zero-order valence-electron chi connectivity index (χ0n) is 14.2. The smallest absolute Gasteiger partial charge is 0.207 e. The summed E-state index contributed by atoms with van der Waals surface area (Å²) in [6, 6.07) is 1.28. The highest BCUT2D eigenvalue weighted by atomic mass is 28.3. The average Bonchev–Trinajstić information content (AvgIpc) is 2.25. The first-order valence-electron chi connectivity index (χ1n) is 7.46. The summed E-state index contributed by atoms with van der Waals surface area (Å²) in [4.78, 5) is 7.46. The zero-order valence-corrected chi connectivity index (χ0v) is 15.2. The second-order valence-electron chi connectivity index (χ2n) is 7.36. The van der Waals surface area contributed by atoms with Crippen LogP contribution in [0.2, 0.25) is 11.1 Å². The van der Waals surface area contributed by atoms with Crippen LogP contribution in [-0.4, -0.2) is 22.5 Å². The Kier molecular flexibility index (Phi) is 6.58. The Balaban J connectivity index is 5.28. The van der Waals surface area contributed by atoms with Gasteiger partial charge < -0.3 is 9.96 Å². The minimum absolute atomic E-state index is 0.372. The van der Waals surface area contributed by atoms with E-state index in [4.69, 9.17) is 0 Å². The SMILES string of the molecule is CCCC(C)(C)[Si](CC(C)(C)C(C)C)(NC)NC. The van der Waals surface area contributed by atoms with Crippen LogP contribution in [-0.2, 0) is 0 Å². The third-order valence-corrected chi connectivity index (χ3v) is 10.9. The maximum atomic E-state index is 3.73. The van der Waals surface area contributed by atoms with Crippen LogP contribution in [0.5, 0.6) is 0 Å². The molecule has 0 aromatic heterocycles. The van der Waals surface area contributed by atoms with Gasteiger partial charge in [-0.15, -0.1) is 0 Å². The Morgan fingerprint density at radius 3 is 1.72 bits per heavy atom. The fraction of sp³-hybridized carbons (Fsp3) is 1.00. The van der Waals surface area contributed by atoms with Gasteiger partial charge in [-0.3, -0.25) is 0 Å². The van der Waals surface area contributed by atoms with E-state index in [9.17, 15) is 0 Å². The first kappa shape index (κ1) is 18.1. The van der Waals surface area contributed by atoms with E-state index < -0.39 is 8.40 Å². The summed E-state index contributed by atoms with van der Waals surface area (Å²) >= 11 is 0. The summed E-state index contributed by atoms with van der Waals surface area (Å²) in [5.41, 5.74) is 0.378. The van der Waals surface area contributed by atoms with E-state index in [0.717, 1.165) is 0 Å². The molecule has 0 spiro atoms. The van der Waals surface area contributed by atoms with Gasteiger partial charge in [0.15, 0.2) is 0 Å². The number of hydrogen-bond donors (Lipinski definition) is 2. The minimum atomic E-state index is -1.69. The third kappa shape index (κ3) is 3.81. The molecule has 3 heteroatoms. The van der Waals surface area contributed by atoms with Crippen molar-refractivity contribution in [3.63, 3.8) is 0 Å². The monoisotopic (exact) mass is 272 g/mol. The van der Waals surface area contributed by atoms with Crippen LogP contribution in [0.25, 0.3) is 0 Å². The van der Waals surface area contributed by atoms with Crippen molar-refractivity contribution in [1.29, 1.82) is 0 Å². The molecule has 0 heterocycles. The van der Waals surface area contributed by atoms with Gasteiger partial charge >= 0.3 is 0 Å². The molecule has 0 aliphatic heterocycles. The second kappa shape index (κ2) is 6.53. The normalized spacial score (nSPS) is 14.3. The molecule has 0 aromatic carbocycles. The Bertz CT molecular complexity index is 243. The van der Waals surface area contributed by atoms with Gasteiger partial charge in [0.05, 0.1) is 0 Å². The highest BCUT2D eigenvalue weighted by Crippen LogP contribution is 2.46. The van der Waals surface area contributed by atoms with Crippen molar-refractivity contribution in [3.05, 3.63) is 0 Å². The van der Waals surface area contributed by atoms with Crippen LogP contribution in [0.4, 0.5) is 0 Å². The summed E-state index contributed by atoms with van der Waals surface area (Å²) < 4.78 is 0. The lowest BCUT2D eigenvalue weighted by Crippen LogP contribution is -2.68. The fourth-order valence-corrected chi connectivity index (χ4v) is 7.83.